The van der Waals surface area contributed by atoms with Crippen LogP contribution in [-0.4, -0.2) is 36.7 Å². The molecule has 0 radical (unpaired) electrons. The molecule has 0 saturated carbocycles. The Morgan fingerprint density at radius 3 is 2.09 bits per heavy atom. The molecule has 3 aromatic carbocycles. The van der Waals surface area contributed by atoms with Gasteiger partial charge in [-0.15, -0.1) is 0 Å². The molecule has 0 amide bonds. The maximum absolute atomic E-state index is 6.05. The van der Waals surface area contributed by atoms with Crippen LogP contribution in [0.15, 0.2) is 72.8 Å². The molecule has 0 aliphatic heterocycles. The van der Waals surface area contributed by atoms with Gasteiger partial charge in [-0.25, -0.2) is 0 Å². The van der Waals surface area contributed by atoms with Crippen LogP contribution in [0.4, 0.5) is 0 Å². The summed E-state index contributed by atoms with van der Waals surface area (Å²) in [5, 5.41) is 0. The van der Waals surface area contributed by atoms with Gasteiger partial charge in [-0.05, 0) is 100 Å². The summed E-state index contributed by atoms with van der Waals surface area (Å²) in [4.78, 5) is 2.60. The lowest BCUT2D eigenvalue weighted by Crippen LogP contribution is -2.38. The summed E-state index contributed by atoms with van der Waals surface area (Å²) < 4.78 is 6.05. The molecule has 35 heavy (non-hydrogen) atoms. The first-order chi connectivity index (χ1) is 16.9. The molecule has 0 saturated heterocycles. The average molecular weight is 473 g/mol. The highest BCUT2D eigenvalue weighted by atomic mass is 16.5. The van der Waals surface area contributed by atoms with Gasteiger partial charge in [0, 0.05) is 24.4 Å². The number of hydrogen-bond donors (Lipinski definition) is 1. The molecule has 2 N–H and O–H groups in total. The summed E-state index contributed by atoms with van der Waals surface area (Å²) in [5.74, 6) is 1.30. The molecule has 0 bridgehead atoms. The van der Waals surface area contributed by atoms with Crippen LogP contribution in [0.3, 0.4) is 0 Å². The van der Waals surface area contributed by atoms with Crippen LogP contribution < -0.4 is 10.5 Å². The smallest absolute Gasteiger partial charge is 0.119 e. The van der Waals surface area contributed by atoms with Crippen molar-refractivity contribution >= 4 is 0 Å². The normalized spacial score (nSPS) is 12.5. The lowest BCUT2D eigenvalue weighted by Gasteiger charge is -2.32. The number of nitrogens with two attached hydrogens (primary N) is 1. The highest BCUT2D eigenvalue weighted by Crippen LogP contribution is 2.32. The van der Waals surface area contributed by atoms with Gasteiger partial charge in [-0.3, -0.25) is 4.90 Å². The molecule has 0 unspecified atom stereocenters. The van der Waals surface area contributed by atoms with E-state index in [1.807, 2.05) is 12.1 Å². The Balaban J connectivity index is 1.74. The van der Waals surface area contributed by atoms with E-state index in [0.29, 0.717) is 31.2 Å². The Morgan fingerprint density at radius 1 is 0.800 bits per heavy atom. The van der Waals surface area contributed by atoms with E-state index in [1.165, 1.54) is 27.8 Å². The second kappa shape index (κ2) is 13.5. The summed E-state index contributed by atoms with van der Waals surface area (Å²) in [5.41, 5.74) is 12.4. The summed E-state index contributed by atoms with van der Waals surface area (Å²) in [6.07, 6.45) is 2.90. The third-order valence-electron chi connectivity index (χ3n) is 6.94. The number of hydrogen-bond acceptors (Lipinski definition) is 3. The highest BCUT2D eigenvalue weighted by molar-refractivity contribution is 5.40. The Hall–Kier alpha value is -2.62. The standard InChI is InChI=1S/C32H44N2O/c1-24(2)34(25(3)4)21-18-31(29-9-7-6-8-10-29)32-23-28(12-11-26(32)5)19-22-35-30-15-13-27(14-16-30)17-20-33/h6-16,23-25,31H,17-22,33H2,1-5H3/t31-/m1/s1. The summed E-state index contributed by atoms with van der Waals surface area (Å²) >= 11 is 0. The monoisotopic (exact) mass is 472 g/mol. The lowest BCUT2D eigenvalue weighted by molar-refractivity contribution is 0.170. The highest BCUT2D eigenvalue weighted by Gasteiger charge is 2.20. The Labute approximate surface area is 213 Å². The minimum absolute atomic E-state index is 0.382. The fraction of sp³-hybridized carbons (Fsp3) is 0.438. The SMILES string of the molecule is Cc1ccc(CCOc2ccc(CCN)cc2)cc1[C@H](CCN(C(C)C)C(C)C)c1ccccc1. The van der Waals surface area contributed by atoms with Gasteiger partial charge in [0.05, 0.1) is 6.61 Å². The zero-order valence-corrected chi connectivity index (χ0v) is 22.3. The number of nitrogens with zero attached hydrogens (tertiary/aromatic N) is 1. The molecule has 0 aliphatic rings. The van der Waals surface area contributed by atoms with Crippen molar-refractivity contribution in [2.24, 2.45) is 5.73 Å². The van der Waals surface area contributed by atoms with E-state index < -0.39 is 0 Å². The van der Waals surface area contributed by atoms with Crippen molar-refractivity contribution in [1.82, 2.24) is 4.90 Å². The van der Waals surface area contributed by atoms with Crippen LogP contribution in [0.5, 0.6) is 5.75 Å². The molecule has 0 heterocycles. The molecule has 0 fully saturated rings. The van der Waals surface area contributed by atoms with Crippen LogP contribution >= 0.6 is 0 Å². The fourth-order valence-electron chi connectivity index (χ4n) is 5.00. The van der Waals surface area contributed by atoms with Crippen molar-refractivity contribution in [3.8, 4) is 5.75 Å². The van der Waals surface area contributed by atoms with E-state index in [1.54, 1.807) is 0 Å². The van der Waals surface area contributed by atoms with Crippen LogP contribution in [0, 0.1) is 6.92 Å². The summed E-state index contributed by atoms with van der Waals surface area (Å²) in [7, 11) is 0. The van der Waals surface area contributed by atoms with Crippen molar-refractivity contribution in [2.45, 2.75) is 71.9 Å². The summed E-state index contributed by atoms with van der Waals surface area (Å²) in [6, 6.07) is 27.3. The Kier molecular flexibility index (Phi) is 10.4. The minimum atomic E-state index is 0.382. The third-order valence-corrected chi connectivity index (χ3v) is 6.94. The topological polar surface area (TPSA) is 38.5 Å². The molecule has 3 aromatic rings. The van der Waals surface area contributed by atoms with Crippen LogP contribution in [0.2, 0.25) is 0 Å². The molecule has 0 aromatic heterocycles. The van der Waals surface area contributed by atoms with Crippen LogP contribution in [-0.2, 0) is 12.8 Å². The van der Waals surface area contributed by atoms with Crippen molar-refractivity contribution in [2.75, 3.05) is 19.7 Å². The number of ether oxygens (including phenoxy) is 1. The van der Waals surface area contributed by atoms with Gasteiger partial charge in [0.15, 0.2) is 0 Å². The lowest BCUT2D eigenvalue weighted by atomic mass is 9.84. The van der Waals surface area contributed by atoms with Gasteiger partial charge >= 0.3 is 0 Å². The predicted molar refractivity (Wildman–Crippen MR) is 149 cm³/mol. The van der Waals surface area contributed by atoms with Gasteiger partial charge in [-0.1, -0.05) is 60.7 Å². The average Bonchev–Trinajstić information content (AvgIpc) is 2.84. The first kappa shape index (κ1) is 27.0. The maximum Gasteiger partial charge on any atom is 0.119 e. The second-order valence-electron chi connectivity index (χ2n) is 10.1. The number of rotatable bonds is 13. The largest absolute Gasteiger partial charge is 0.493 e. The first-order valence-electron chi connectivity index (χ1n) is 13.2. The quantitative estimate of drug-likeness (QED) is 0.299. The molecule has 3 heteroatoms. The van der Waals surface area contributed by atoms with Crippen molar-refractivity contribution < 1.29 is 4.74 Å². The second-order valence-corrected chi connectivity index (χ2v) is 10.1. The van der Waals surface area contributed by atoms with Crippen LogP contribution in [0.25, 0.3) is 0 Å². The third kappa shape index (κ3) is 7.95. The van der Waals surface area contributed by atoms with E-state index in [9.17, 15) is 0 Å². The fourth-order valence-corrected chi connectivity index (χ4v) is 5.00. The van der Waals surface area contributed by atoms with Gasteiger partial charge < -0.3 is 10.5 Å². The van der Waals surface area contributed by atoms with Crippen molar-refractivity contribution in [3.63, 3.8) is 0 Å². The van der Waals surface area contributed by atoms with Crippen molar-refractivity contribution in [3.05, 3.63) is 101 Å². The van der Waals surface area contributed by atoms with E-state index in [4.69, 9.17) is 10.5 Å². The van der Waals surface area contributed by atoms with E-state index in [2.05, 4.69) is 100 Å². The maximum atomic E-state index is 6.05. The van der Waals surface area contributed by atoms with Gasteiger partial charge in [0.2, 0.25) is 0 Å². The van der Waals surface area contributed by atoms with Crippen molar-refractivity contribution in [1.29, 1.82) is 0 Å². The molecule has 0 aliphatic carbocycles. The first-order valence-corrected chi connectivity index (χ1v) is 13.2. The summed E-state index contributed by atoms with van der Waals surface area (Å²) in [6.45, 7) is 13.9. The molecule has 3 nitrogen and oxygen atoms in total. The molecule has 188 valence electrons. The zero-order valence-electron chi connectivity index (χ0n) is 22.3. The minimum Gasteiger partial charge on any atom is -0.493 e. The molecular weight excluding hydrogens is 428 g/mol. The molecular formula is C32H44N2O. The number of benzene rings is 3. The van der Waals surface area contributed by atoms with E-state index in [0.717, 1.165) is 31.6 Å². The van der Waals surface area contributed by atoms with Gasteiger partial charge in [-0.2, -0.15) is 0 Å². The Morgan fingerprint density at radius 2 is 1.46 bits per heavy atom. The molecule has 1 atom stereocenters. The van der Waals surface area contributed by atoms with Gasteiger partial charge in [0.1, 0.15) is 5.75 Å². The molecule has 0 spiro atoms. The van der Waals surface area contributed by atoms with Crippen LogP contribution in [0.1, 0.15) is 67.9 Å². The number of aryl methyl sites for hydroxylation is 1. The predicted octanol–water partition coefficient (Wildman–Crippen LogP) is 6.76. The zero-order chi connectivity index (χ0) is 25.2. The van der Waals surface area contributed by atoms with E-state index in [-0.39, 0.29) is 0 Å². The molecule has 3 rings (SSSR count). The van der Waals surface area contributed by atoms with E-state index >= 15 is 0 Å². The van der Waals surface area contributed by atoms with Gasteiger partial charge in [0.25, 0.3) is 0 Å². The Bertz CT molecular complexity index is 1000.